The second kappa shape index (κ2) is 9.08. The molecule has 29 heavy (non-hydrogen) atoms. The van der Waals surface area contributed by atoms with Gasteiger partial charge in [0.15, 0.2) is 0 Å². The number of hydrogen-bond acceptors (Lipinski definition) is 4. The first-order chi connectivity index (χ1) is 14.1. The fourth-order valence-electron chi connectivity index (χ4n) is 5.04. The maximum absolute atomic E-state index is 12.5. The second-order valence-corrected chi connectivity index (χ2v) is 8.68. The molecule has 3 amide bonds. The molecule has 3 fully saturated rings. The van der Waals surface area contributed by atoms with Gasteiger partial charge in [-0.15, -0.1) is 0 Å². The molecule has 3 aliphatic rings. The molecule has 6 heteroatoms. The van der Waals surface area contributed by atoms with Gasteiger partial charge in [0.2, 0.25) is 17.7 Å². The molecular formula is C23H31N3O3. The summed E-state index contributed by atoms with van der Waals surface area (Å²) in [4.78, 5) is 41.2. The average molecular weight is 398 g/mol. The third-order valence-corrected chi connectivity index (χ3v) is 6.70. The van der Waals surface area contributed by atoms with Crippen LogP contribution in [0, 0.1) is 11.8 Å². The number of piperidine rings is 1. The number of imide groups is 1. The Labute approximate surface area is 172 Å². The molecule has 0 spiro atoms. The van der Waals surface area contributed by atoms with E-state index in [0.717, 1.165) is 58.2 Å². The number of carbonyl (C=O) groups is 3. The van der Waals surface area contributed by atoms with E-state index in [4.69, 9.17) is 0 Å². The Balaban J connectivity index is 1.19. The van der Waals surface area contributed by atoms with Crippen molar-refractivity contribution in [2.24, 2.45) is 11.8 Å². The largest absolute Gasteiger partial charge is 0.353 e. The smallest absolute Gasteiger partial charge is 0.233 e. The van der Waals surface area contributed by atoms with Crippen LogP contribution in [0.3, 0.4) is 0 Å². The molecule has 6 nitrogen and oxygen atoms in total. The summed E-state index contributed by atoms with van der Waals surface area (Å²) in [5.74, 6) is -0.424. The molecule has 2 atom stereocenters. The van der Waals surface area contributed by atoms with E-state index in [1.807, 2.05) is 6.07 Å². The van der Waals surface area contributed by atoms with Crippen LogP contribution in [-0.4, -0.2) is 53.2 Å². The number of nitrogens with zero attached hydrogens (tertiary/aromatic N) is 2. The van der Waals surface area contributed by atoms with E-state index in [1.165, 1.54) is 10.5 Å². The first-order valence-corrected chi connectivity index (χ1v) is 11.0. The summed E-state index contributed by atoms with van der Waals surface area (Å²) in [6.45, 7) is 3.10. The lowest BCUT2D eigenvalue weighted by atomic mass is 9.81. The normalized spacial score (nSPS) is 25.9. The summed E-state index contributed by atoms with van der Waals surface area (Å²) in [6, 6.07) is 10.6. The zero-order valence-corrected chi connectivity index (χ0v) is 17.0. The van der Waals surface area contributed by atoms with Crippen molar-refractivity contribution in [3.8, 4) is 0 Å². The molecule has 0 unspecified atom stereocenters. The zero-order valence-electron chi connectivity index (χ0n) is 17.0. The highest BCUT2D eigenvalue weighted by molar-refractivity contribution is 6.05. The fourth-order valence-corrected chi connectivity index (χ4v) is 5.04. The van der Waals surface area contributed by atoms with Gasteiger partial charge in [0.1, 0.15) is 0 Å². The van der Waals surface area contributed by atoms with Crippen LogP contribution in [0.5, 0.6) is 0 Å². The quantitative estimate of drug-likeness (QED) is 0.748. The topological polar surface area (TPSA) is 69.7 Å². The number of nitrogens with one attached hydrogen (secondary N) is 1. The van der Waals surface area contributed by atoms with Crippen molar-refractivity contribution >= 4 is 17.7 Å². The molecule has 4 rings (SSSR count). The molecule has 1 aromatic rings. The first kappa shape index (κ1) is 20.1. The van der Waals surface area contributed by atoms with Crippen molar-refractivity contribution in [1.82, 2.24) is 15.1 Å². The van der Waals surface area contributed by atoms with Crippen LogP contribution < -0.4 is 5.32 Å². The lowest BCUT2D eigenvalue weighted by Gasteiger charge is -2.32. The number of hydrogen-bond donors (Lipinski definition) is 1. The van der Waals surface area contributed by atoms with Crippen molar-refractivity contribution in [3.63, 3.8) is 0 Å². The van der Waals surface area contributed by atoms with E-state index >= 15 is 0 Å². The maximum Gasteiger partial charge on any atom is 0.233 e. The minimum absolute atomic E-state index is 0.0537. The number of likely N-dealkylation sites (tertiary alicyclic amines) is 2. The Morgan fingerprint density at radius 3 is 2.17 bits per heavy atom. The Morgan fingerprint density at radius 2 is 1.55 bits per heavy atom. The predicted molar refractivity (Wildman–Crippen MR) is 110 cm³/mol. The van der Waals surface area contributed by atoms with Gasteiger partial charge in [-0.2, -0.15) is 0 Å². The molecule has 2 aliphatic heterocycles. The van der Waals surface area contributed by atoms with Crippen LogP contribution in [0.2, 0.25) is 0 Å². The van der Waals surface area contributed by atoms with Crippen molar-refractivity contribution in [3.05, 3.63) is 35.9 Å². The van der Waals surface area contributed by atoms with E-state index in [9.17, 15) is 14.4 Å². The highest BCUT2D eigenvalue weighted by atomic mass is 16.2. The highest BCUT2D eigenvalue weighted by Crippen LogP contribution is 2.37. The van der Waals surface area contributed by atoms with Gasteiger partial charge in [-0.25, -0.2) is 0 Å². The summed E-state index contributed by atoms with van der Waals surface area (Å²) in [5, 5.41) is 3.10. The van der Waals surface area contributed by atoms with E-state index in [-0.39, 0.29) is 48.6 Å². The van der Waals surface area contributed by atoms with Gasteiger partial charge >= 0.3 is 0 Å². The summed E-state index contributed by atoms with van der Waals surface area (Å²) in [7, 11) is 0. The molecule has 0 aromatic heterocycles. The predicted octanol–water partition coefficient (Wildman–Crippen LogP) is 2.33. The average Bonchev–Trinajstić information content (AvgIpc) is 2.99. The van der Waals surface area contributed by atoms with Gasteiger partial charge in [-0.3, -0.25) is 24.2 Å². The van der Waals surface area contributed by atoms with E-state index in [1.54, 1.807) is 0 Å². The molecule has 1 saturated carbocycles. The SMILES string of the molecule is O=C(CCN1C(=O)[C@@H]2CCCC[C@H]2C1=O)NC1CCN(Cc2ccccc2)CC1. The van der Waals surface area contributed by atoms with E-state index in [2.05, 4.69) is 34.5 Å². The van der Waals surface area contributed by atoms with Gasteiger partial charge in [0, 0.05) is 38.6 Å². The minimum atomic E-state index is -0.131. The Kier molecular flexibility index (Phi) is 6.28. The third-order valence-electron chi connectivity index (χ3n) is 6.70. The van der Waals surface area contributed by atoms with Crippen LogP contribution in [0.1, 0.15) is 50.5 Å². The summed E-state index contributed by atoms with van der Waals surface area (Å²) in [5.41, 5.74) is 1.32. The fraction of sp³-hybridized carbons (Fsp3) is 0.609. The van der Waals surface area contributed by atoms with Gasteiger partial charge < -0.3 is 5.32 Å². The lowest BCUT2D eigenvalue weighted by Crippen LogP contribution is -2.45. The van der Waals surface area contributed by atoms with Crippen LogP contribution in [0.4, 0.5) is 0 Å². The number of amides is 3. The van der Waals surface area contributed by atoms with Crippen LogP contribution in [0.25, 0.3) is 0 Å². The Bertz CT molecular complexity index is 719. The van der Waals surface area contributed by atoms with Crippen molar-refractivity contribution in [1.29, 1.82) is 0 Å². The van der Waals surface area contributed by atoms with Crippen LogP contribution in [0.15, 0.2) is 30.3 Å². The number of benzene rings is 1. The standard InChI is InChI=1S/C23H31N3O3/c27-21(12-15-26-22(28)19-8-4-5-9-20(19)23(26)29)24-18-10-13-25(14-11-18)16-17-6-2-1-3-7-17/h1-3,6-7,18-20H,4-5,8-16H2,(H,24,27)/t19-,20-/m1/s1. The van der Waals surface area contributed by atoms with E-state index in [0.29, 0.717) is 0 Å². The minimum Gasteiger partial charge on any atom is -0.353 e. The second-order valence-electron chi connectivity index (χ2n) is 8.68. The van der Waals surface area contributed by atoms with Gasteiger partial charge in [-0.1, -0.05) is 43.2 Å². The van der Waals surface area contributed by atoms with Crippen molar-refractivity contribution in [2.75, 3.05) is 19.6 Å². The first-order valence-electron chi connectivity index (χ1n) is 11.0. The highest BCUT2D eigenvalue weighted by Gasteiger charge is 2.47. The van der Waals surface area contributed by atoms with Gasteiger partial charge in [0.05, 0.1) is 11.8 Å². The summed E-state index contributed by atoms with van der Waals surface area (Å²) >= 11 is 0. The molecule has 0 bridgehead atoms. The number of carbonyl (C=O) groups excluding carboxylic acids is 3. The van der Waals surface area contributed by atoms with Crippen molar-refractivity contribution < 1.29 is 14.4 Å². The lowest BCUT2D eigenvalue weighted by molar-refractivity contribution is -0.140. The molecule has 0 radical (unpaired) electrons. The Hall–Kier alpha value is -2.21. The summed E-state index contributed by atoms with van der Waals surface area (Å²) < 4.78 is 0. The van der Waals surface area contributed by atoms with Crippen LogP contribution in [-0.2, 0) is 20.9 Å². The monoisotopic (exact) mass is 397 g/mol. The van der Waals surface area contributed by atoms with Crippen molar-refractivity contribution in [2.45, 2.75) is 57.5 Å². The molecule has 1 aromatic carbocycles. The number of fused-ring (bicyclic) bond motifs is 1. The molecule has 2 saturated heterocycles. The Morgan fingerprint density at radius 1 is 0.931 bits per heavy atom. The third kappa shape index (κ3) is 4.69. The van der Waals surface area contributed by atoms with E-state index < -0.39 is 0 Å². The van der Waals surface area contributed by atoms with Gasteiger partial charge in [0.25, 0.3) is 0 Å². The van der Waals surface area contributed by atoms with Gasteiger partial charge in [-0.05, 0) is 31.2 Å². The summed E-state index contributed by atoms with van der Waals surface area (Å²) in [6.07, 6.45) is 5.77. The molecule has 156 valence electrons. The zero-order chi connectivity index (χ0) is 20.2. The molecular weight excluding hydrogens is 366 g/mol. The molecule has 1 N–H and O–H groups in total. The number of rotatable bonds is 6. The van der Waals surface area contributed by atoms with Crippen LogP contribution >= 0.6 is 0 Å². The maximum atomic E-state index is 12.5. The molecule has 1 aliphatic carbocycles. The molecule has 2 heterocycles.